The van der Waals surface area contributed by atoms with Crippen LogP contribution in [0, 0.1) is 11.8 Å². The maximum absolute atomic E-state index is 11.5. The third kappa shape index (κ3) is 5.11. The quantitative estimate of drug-likeness (QED) is 0.622. The Morgan fingerprint density at radius 3 is 2.00 bits per heavy atom. The van der Waals surface area contributed by atoms with E-state index in [9.17, 15) is 9.59 Å². The van der Waals surface area contributed by atoms with E-state index in [0.29, 0.717) is 0 Å². The van der Waals surface area contributed by atoms with E-state index in [1.54, 1.807) is 13.8 Å². The lowest BCUT2D eigenvalue weighted by atomic mass is 10.0. The van der Waals surface area contributed by atoms with Crippen molar-refractivity contribution in [3.8, 4) is 0 Å². The zero-order valence-corrected chi connectivity index (χ0v) is 10.4. The summed E-state index contributed by atoms with van der Waals surface area (Å²) < 4.78 is 0. The van der Waals surface area contributed by atoms with Gasteiger partial charge in [-0.2, -0.15) is 0 Å². The lowest BCUT2D eigenvalue weighted by molar-refractivity contribution is -0.143. The van der Waals surface area contributed by atoms with E-state index in [2.05, 4.69) is 5.32 Å². The molecule has 16 heavy (non-hydrogen) atoms. The van der Waals surface area contributed by atoms with Crippen LogP contribution >= 0.6 is 0 Å². The summed E-state index contributed by atoms with van der Waals surface area (Å²) in [5.41, 5.74) is 5.74. The zero-order chi connectivity index (χ0) is 12.9. The molecule has 0 saturated heterocycles. The number of rotatable bonds is 6. The average molecular weight is 230 g/mol. The first-order valence-electron chi connectivity index (χ1n) is 5.53. The molecule has 0 radical (unpaired) electrons. The average Bonchev–Trinajstić information content (AvgIpc) is 2.12. The number of carboxylic acid groups (broad SMARTS) is 1. The Morgan fingerprint density at radius 2 is 1.69 bits per heavy atom. The number of nitrogens with two attached hydrogens (primary N) is 1. The maximum Gasteiger partial charge on any atom is 0.326 e. The van der Waals surface area contributed by atoms with Gasteiger partial charge in [-0.1, -0.05) is 27.7 Å². The summed E-state index contributed by atoms with van der Waals surface area (Å²) in [6.45, 7) is 7.35. The van der Waals surface area contributed by atoms with Crippen LogP contribution in [0.4, 0.5) is 0 Å². The second-order valence-electron chi connectivity index (χ2n) is 4.74. The van der Waals surface area contributed by atoms with E-state index in [1.807, 2.05) is 13.8 Å². The molecular formula is C11H22N2O3. The summed E-state index contributed by atoms with van der Waals surface area (Å²) in [6, 6.07) is -1.08. The number of amides is 1. The van der Waals surface area contributed by atoms with Gasteiger partial charge in [-0.3, -0.25) is 4.79 Å². The van der Waals surface area contributed by atoms with Crippen molar-refractivity contribution < 1.29 is 14.7 Å². The van der Waals surface area contributed by atoms with E-state index < -0.39 is 12.0 Å². The van der Waals surface area contributed by atoms with Crippen molar-refractivity contribution in [1.29, 1.82) is 0 Å². The highest BCUT2D eigenvalue weighted by Gasteiger charge is 2.24. The second-order valence-corrected chi connectivity index (χ2v) is 4.74. The highest BCUT2D eigenvalue weighted by Crippen LogP contribution is 2.05. The summed E-state index contributed by atoms with van der Waals surface area (Å²) in [5, 5.41) is 11.4. The lowest BCUT2D eigenvalue weighted by Crippen LogP contribution is -2.46. The first-order valence-corrected chi connectivity index (χ1v) is 5.53. The number of aliphatic carboxylic acids is 1. The molecule has 0 aliphatic heterocycles. The smallest absolute Gasteiger partial charge is 0.326 e. The summed E-state index contributed by atoms with van der Waals surface area (Å²) in [6.07, 6.45) is 0.161. The van der Waals surface area contributed by atoms with Crippen LogP contribution in [0.15, 0.2) is 0 Å². The molecule has 0 rings (SSSR count). The van der Waals surface area contributed by atoms with Gasteiger partial charge in [-0.15, -0.1) is 0 Å². The summed E-state index contributed by atoms with van der Waals surface area (Å²) >= 11 is 0. The molecule has 0 bridgehead atoms. The van der Waals surface area contributed by atoms with Crippen molar-refractivity contribution >= 4 is 11.9 Å². The third-order valence-corrected chi connectivity index (χ3v) is 2.53. The monoisotopic (exact) mass is 230 g/mol. The fraction of sp³-hybridized carbons (Fsp3) is 0.818. The van der Waals surface area contributed by atoms with Crippen molar-refractivity contribution in [3.05, 3.63) is 0 Å². The molecule has 0 aromatic carbocycles. The predicted octanol–water partition coefficient (Wildman–Crippen LogP) is 0.585. The highest BCUT2D eigenvalue weighted by molar-refractivity contribution is 5.83. The number of carbonyl (C=O) groups is 2. The summed E-state index contributed by atoms with van der Waals surface area (Å²) in [4.78, 5) is 22.4. The van der Waals surface area contributed by atoms with Crippen LogP contribution in [-0.2, 0) is 9.59 Å². The molecule has 0 fully saturated rings. The highest BCUT2D eigenvalue weighted by atomic mass is 16.4. The standard InChI is InChI=1S/C11H22N2O3/c1-6(2)8(12)5-9(14)13-10(7(3)4)11(15)16/h6-8,10H,5,12H2,1-4H3,(H,13,14)(H,15,16)/t8?,10-/m1/s1. The Hall–Kier alpha value is -1.10. The molecule has 0 aliphatic rings. The zero-order valence-electron chi connectivity index (χ0n) is 10.4. The second kappa shape index (κ2) is 6.48. The summed E-state index contributed by atoms with van der Waals surface area (Å²) in [7, 11) is 0. The largest absolute Gasteiger partial charge is 0.480 e. The fourth-order valence-electron chi connectivity index (χ4n) is 1.20. The number of carboxylic acids is 1. The van der Waals surface area contributed by atoms with Crippen molar-refractivity contribution in [2.24, 2.45) is 17.6 Å². The van der Waals surface area contributed by atoms with E-state index >= 15 is 0 Å². The van der Waals surface area contributed by atoms with E-state index in [1.165, 1.54) is 0 Å². The number of hydrogen-bond acceptors (Lipinski definition) is 3. The summed E-state index contributed by atoms with van der Waals surface area (Å²) in [5.74, 6) is -1.26. The van der Waals surface area contributed by atoms with Crippen LogP contribution in [-0.4, -0.2) is 29.1 Å². The van der Waals surface area contributed by atoms with Crippen LogP contribution in [0.1, 0.15) is 34.1 Å². The van der Waals surface area contributed by atoms with Gasteiger partial charge in [0.2, 0.25) is 5.91 Å². The van der Waals surface area contributed by atoms with Gasteiger partial charge < -0.3 is 16.2 Å². The van der Waals surface area contributed by atoms with Gasteiger partial charge in [-0.25, -0.2) is 4.79 Å². The van der Waals surface area contributed by atoms with Crippen molar-refractivity contribution in [1.82, 2.24) is 5.32 Å². The van der Waals surface area contributed by atoms with Gasteiger partial charge in [0.05, 0.1) is 0 Å². The minimum atomic E-state index is -1.01. The van der Waals surface area contributed by atoms with E-state index in [-0.39, 0.29) is 30.2 Å². The molecule has 4 N–H and O–H groups in total. The Labute approximate surface area is 96.4 Å². The Bertz CT molecular complexity index is 252. The van der Waals surface area contributed by atoms with Gasteiger partial charge in [0.1, 0.15) is 6.04 Å². The number of hydrogen-bond donors (Lipinski definition) is 3. The molecule has 1 unspecified atom stereocenters. The molecule has 94 valence electrons. The van der Waals surface area contributed by atoms with Gasteiger partial charge in [-0.05, 0) is 11.8 Å². The fourth-order valence-corrected chi connectivity index (χ4v) is 1.20. The molecule has 1 amide bonds. The van der Waals surface area contributed by atoms with Crippen LogP contribution in [0.2, 0.25) is 0 Å². The van der Waals surface area contributed by atoms with Gasteiger partial charge in [0, 0.05) is 12.5 Å². The third-order valence-electron chi connectivity index (χ3n) is 2.53. The molecule has 0 aliphatic carbocycles. The Kier molecular flexibility index (Phi) is 6.03. The van der Waals surface area contributed by atoms with Gasteiger partial charge in [0.25, 0.3) is 0 Å². The number of nitrogens with one attached hydrogen (secondary N) is 1. The molecule has 0 aromatic rings. The number of carbonyl (C=O) groups excluding carboxylic acids is 1. The predicted molar refractivity (Wildman–Crippen MR) is 61.8 cm³/mol. The first-order chi connectivity index (χ1) is 7.25. The SMILES string of the molecule is CC(C)C(N)CC(=O)N[C@@H](C(=O)O)C(C)C. The van der Waals surface area contributed by atoms with Crippen molar-refractivity contribution in [2.45, 2.75) is 46.2 Å². The lowest BCUT2D eigenvalue weighted by Gasteiger charge is -2.20. The minimum absolute atomic E-state index is 0.142. The Balaban J connectivity index is 4.26. The van der Waals surface area contributed by atoms with Crippen LogP contribution in [0.5, 0.6) is 0 Å². The van der Waals surface area contributed by atoms with Crippen molar-refractivity contribution in [2.75, 3.05) is 0 Å². The topological polar surface area (TPSA) is 92.4 Å². The van der Waals surface area contributed by atoms with E-state index in [4.69, 9.17) is 10.8 Å². The van der Waals surface area contributed by atoms with E-state index in [0.717, 1.165) is 0 Å². The van der Waals surface area contributed by atoms with Gasteiger partial charge >= 0.3 is 5.97 Å². The van der Waals surface area contributed by atoms with Crippen LogP contribution in [0.25, 0.3) is 0 Å². The first kappa shape index (κ1) is 14.9. The molecule has 0 heterocycles. The Morgan fingerprint density at radius 1 is 1.19 bits per heavy atom. The molecule has 5 nitrogen and oxygen atoms in total. The molecule has 5 heteroatoms. The van der Waals surface area contributed by atoms with Gasteiger partial charge in [0.15, 0.2) is 0 Å². The van der Waals surface area contributed by atoms with Crippen LogP contribution < -0.4 is 11.1 Å². The van der Waals surface area contributed by atoms with Crippen LogP contribution in [0.3, 0.4) is 0 Å². The molecule has 0 spiro atoms. The molecule has 0 aromatic heterocycles. The minimum Gasteiger partial charge on any atom is -0.480 e. The molecule has 0 saturated carbocycles. The normalized spacial score (nSPS) is 14.9. The molecule has 2 atom stereocenters. The van der Waals surface area contributed by atoms with Crippen molar-refractivity contribution in [3.63, 3.8) is 0 Å². The molecular weight excluding hydrogens is 208 g/mol. The maximum atomic E-state index is 11.5.